The van der Waals surface area contributed by atoms with Crippen LogP contribution >= 0.6 is 34.1 Å². The summed E-state index contributed by atoms with van der Waals surface area (Å²) >= 11 is 3.78. The number of hydrogen-bond acceptors (Lipinski definition) is 3. The Kier molecular flexibility index (Phi) is 1.57. The number of pyridine rings is 1. The molecule has 2 aromatic heterocycles. The Morgan fingerprint density at radius 1 is 1.50 bits per heavy atom. The smallest absolute Gasteiger partial charge is 0.0954 e. The molecule has 2 nitrogen and oxygen atoms in total. The first kappa shape index (κ1) is 6.48. The zero-order valence-electron chi connectivity index (χ0n) is 4.91. The van der Waals surface area contributed by atoms with Crippen LogP contribution in [0, 0.1) is 2.88 Å². The molecule has 4 heteroatoms. The summed E-state index contributed by atoms with van der Waals surface area (Å²) in [5.41, 5.74) is 1.05. The van der Waals surface area contributed by atoms with Gasteiger partial charge in [0.05, 0.1) is 8.40 Å². The second-order valence-electron chi connectivity index (χ2n) is 1.85. The van der Waals surface area contributed by atoms with Crippen LogP contribution in [0.2, 0.25) is 0 Å². The average Bonchev–Trinajstić information content (AvgIpc) is 2.34. The van der Waals surface area contributed by atoms with Crippen LogP contribution in [0.25, 0.3) is 10.9 Å². The van der Waals surface area contributed by atoms with E-state index in [1.165, 1.54) is 14.4 Å². The van der Waals surface area contributed by atoms with Crippen molar-refractivity contribution in [3.63, 3.8) is 0 Å². The molecule has 0 aliphatic rings. The summed E-state index contributed by atoms with van der Waals surface area (Å²) < 4.78 is 5.42. The van der Waals surface area contributed by atoms with Gasteiger partial charge in [0.2, 0.25) is 0 Å². The lowest BCUT2D eigenvalue weighted by Crippen LogP contribution is -1.70. The Bertz CT molecular complexity index is 357. The molecule has 2 rings (SSSR count). The summed E-state index contributed by atoms with van der Waals surface area (Å²) in [6.07, 6.45) is 3.61. The molecule has 2 aromatic rings. The van der Waals surface area contributed by atoms with Gasteiger partial charge in [0.25, 0.3) is 0 Å². The van der Waals surface area contributed by atoms with Crippen molar-refractivity contribution in [3.05, 3.63) is 21.3 Å². The molecular weight excluding hydrogens is 259 g/mol. The molecule has 0 spiro atoms. The van der Waals surface area contributed by atoms with Crippen LogP contribution in [0.4, 0.5) is 0 Å². The SMILES string of the molecule is Ic1snc2ccncc12. The van der Waals surface area contributed by atoms with Gasteiger partial charge in [-0.3, -0.25) is 4.98 Å². The molecule has 0 radical (unpaired) electrons. The number of rotatable bonds is 0. The van der Waals surface area contributed by atoms with Gasteiger partial charge in [-0.25, -0.2) is 0 Å². The van der Waals surface area contributed by atoms with Crippen molar-refractivity contribution in [2.24, 2.45) is 0 Å². The maximum absolute atomic E-state index is 4.21. The van der Waals surface area contributed by atoms with Crippen molar-refractivity contribution < 1.29 is 0 Å². The van der Waals surface area contributed by atoms with Crippen LogP contribution < -0.4 is 0 Å². The topological polar surface area (TPSA) is 25.8 Å². The van der Waals surface area contributed by atoms with Crippen molar-refractivity contribution in [3.8, 4) is 0 Å². The summed E-state index contributed by atoms with van der Waals surface area (Å²) in [7, 11) is 0. The van der Waals surface area contributed by atoms with E-state index in [1.54, 1.807) is 6.20 Å². The quantitative estimate of drug-likeness (QED) is 0.681. The normalized spacial score (nSPS) is 10.5. The monoisotopic (exact) mass is 262 g/mol. The van der Waals surface area contributed by atoms with Crippen LogP contribution in [-0.4, -0.2) is 9.36 Å². The minimum absolute atomic E-state index is 1.05. The fraction of sp³-hybridized carbons (Fsp3) is 0. The van der Waals surface area contributed by atoms with E-state index in [1.807, 2.05) is 12.3 Å². The summed E-state index contributed by atoms with van der Waals surface area (Å²) in [5.74, 6) is 0. The Balaban J connectivity index is 2.93. The van der Waals surface area contributed by atoms with Crippen molar-refractivity contribution in [2.45, 2.75) is 0 Å². The van der Waals surface area contributed by atoms with Crippen molar-refractivity contribution in [1.29, 1.82) is 0 Å². The molecule has 0 unspecified atom stereocenters. The van der Waals surface area contributed by atoms with Crippen LogP contribution in [0.5, 0.6) is 0 Å². The Hall–Kier alpha value is -0.230. The van der Waals surface area contributed by atoms with Crippen molar-refractivity contribution in [2.75, 3.05) is 0 Å². The molecule has 0 N–H and O–H groups in total. The van der Waals surface area contributed by atoms with E-state index >= 15 is 0 Å². The van der Waals surface area contributed by atoms with Crippen LogP contribution in [0.1, 0.15) is 0 Å². The van der Waals surface area contributed by atoms with Crippen LogP contribution in [-0.2, 0) is 0 Å². The van der Waals surface area contributed by atoms with Gasteiger partial charge in [-0.05, 0) is 40.2 Å². The summed E-state index contributed by atoms with van der Waals surface area (Å²) in [4.78, 5) is 4.01. The molecule has 10 heavy (non-hydrogen) atoms. The van der Waals surface area contributed by atoms with E-state index in [-0.39, 0.29) is 0 Å². The van der Waals surface area contributed by atoms with Gasteiger partial charge < -0.3 is 0 Å². The van der Waals surface area contributed by atoms with Crippen LogP contribution in [0.15, 0.2) is 18.5 Å². The third kappa shape index (κ3) is 0.911. The van der Waals surface area contributed by atoms with Gasteiger partial charge in [0.15, 0.2) is 0 Å². The summed E-state index contributed by atoms with van der Waals surface area (Å²) in [5, 5.41) is 1.16. The number of fused-ring (bicyclic) bond motifs is 1. The summed E-state index contributed by atoms with van der Waals surface area (Å²) in [6, 6.07) is 1.92. The minimum Gasteiger partial charge on any atom is -0.264 e. The number of aromatic nitrogens is 2. The second kappa shape index (κ2) is 2.43. The molecule has 0 amide bonds. The highest BCUT2D eigenvalue weighted by Crippen LogP contribution is 2.21. The average molecular weight is 262 g/mol. The van der Waals surface area contributed by atoms with E-state index in [4.69, 9.17) is 0 Å². The Morgan fingerprint density at radius 3 is 3.20 bits per heavy atom. The van der Waals surface area contributed by atoms with Gasteiger partial charge in [0.1, 0.15) is 0 Å². The third-order valence-corrected chi connectivity index (χ3v) is 3.07. The predicted molar refractivity (Wildman–Crippen MR) is 50.1 cm³/mol. The van der Waals surface area contributed by atoms with E-state index in [9.17, 15) is 0 Å². The zero-order valence-corrected chi connectivity index (χ0v) is 7.89. The largest absolute Gasteiger partial charge is 0.264 e. The van der Waals surface area contributed by atoms with Gasteiger partial charge in [0, 0.05) is 17.8 Å². The molecule has 0 atom stereocenters. The predicted octanol–water partition coefficient (Wildman–Crippen LogP) is 2.30. The van der Waals surface area contributed by atoms with E-state index in [2.05, 4.69) is 31.9 Å². The standard InChI is InChI=1S/C6H3IN2S/c7-6-4-3-8-2-1-5(4)9-10-6/h1-3H. The lowest BCUT2D eigenvalue weighted by atomic mass is 10.4. The van der Waals surface area contributed by atoms with Crippen molar-refractivity contribution in [1.82, 2.24) is 9.36 Å². The maximum Gasteiger partial charge on any atom is 0.0954 e. The molecule has 0 fully saturated rings. The molecule has 0 saturated carbocycles. The fourth-order valence-corrected chi connectivity index (χ4v) is 2.06. The number of halogens is 1. The lowest BCUT2D eigenvalue weighted by molar-refractivity contribution is 1.36. The van der Waals surface area contributed by atoms with Gasteiger partial charge in [-0.1, -0.05) is 0 Å². The van der Waals surface area contributed by atoms with Gasteiger partial charge in [-0.2, -0.15) is 4.37 Å². The maximum atomic E-state index is 4.21. The molecule has 0 bridgehead atoms. The third-order valence-electron chi connectivity index (χ3n) is 1.23. The number of hydrogen-bond donors (Lipinski definition) is 0. The van der Waals surface area contributed by atoms with Crippen molar-refractivity contribution >= 4 is 45.0 Å². The zero-order chi connectivity index (χ0) is 6.97. The molecule has 50 valence electrons. The molecular formula is C6H3IN2S. The fourth-order valence-electron chi connectivity index (χ4n) is 0.757. The molecule has 0 aromatic carbocycles. The van der Waals surface area contributed by atoms with Gasteiger partial charge >= 0.3 is 0 Å². The summed E-state index contributed by atoms with van der Waals surface area (Å²) in [6.45, 7) is 0. The molecule has 2 heterocycles. The molecule has 0 aliphatic carbocycles. The Morgan fingerprint density at radius 2 is 2.40 bits per heavy atom. The molecule has 0 aliphatic heterocycles. The minimum atomic E-state index is 1.05. The first-order valence-corrected chi connectivity index (χ1v) is 4.58. The first-order chi connectivity index (χ1) is 4.88. The first-order valence-electron chi connectivity index (χ1n) is 2.73. The number of nitrogens with zero attached hydrogens (tertiary/aromatic N) is 2. The Labute approximate surface area is 75.6 Å². The van der Waals surface area contributed by atoms with E-state index in [0.29, 0.717) is 0 Å². The van der Waals surface area contributed by atoms with E-state index in [0.717, 1.165) is 10.9 Å². The highest BCUT2D eigenvalue weighted by Gasteiger charge is 1.99. The highest BCUT2D eigenvalue weighted by atomic mass is 127. The highest BCUT2D eigenvalue weighted by molar-refractivity contribution is 14.1. The van der Waals surface area contributed by atoms with Gasteiger partial charge in [-0.15, -0.1) is 0 Å². The molecule has 0 saturated heterocycles. The second-order valence-corrected chi connectivity index (χ2v) is 4.43. The lowest BCUT2D eigenvalue weighted by Gasteiger charge is -1.82. The van der Waals surface area contributed by atoms with Crippen LogP contribution in [0.3, 0.4) is 0 Å². The van der Waals surface area contributed by atoms with E-state index < -0.39 is 0 Å².